The highest BCUT2D eigenvalue weighted by atomic mass is 35.5. The maximum atomic E-state index is 8.85. The summed E-state index contributed by atoms with van der Waals surface area (Å²) in [6.45, 7) is 2.22. The average Bonchev–Trinajstić information content (AvgIpc) is 2.28. The van der Waals surface area contributed by atoms with Crippen LogP contribution in [0.4, 0.5) is 0 Å². The third-order valence-electron chi connectivity index (χ3n) is 2.91. The molecule has 0 spiro atoms. The largest absolute Gasteiger partial charge is 0.196 e. The molecule has 0 aromatic carbocycles. The molecule has 1 nitrogen and oxygen atoms in total. The van der Waals surface area contributed by atoms with E-state index in [0.29, 0.717) is 0 Å². The van der Waals surface area contributed by atoms with Crippen molar-refractivity contribution in [3.8, 4) is 6.07 Å². The summed E-state index contributed by atoms with van der Waals surface area (Å²) in [5, 5.41) is 8.85. The molecule has 1 rings (SSSR count). The van der Waals surface area contributed by atoms with Crippen molar-refractivity contribution in [3.05, 3.63) is 0 Å². The van der Waals surface area contributed by atoms with Crippen LogP contribution in [0.2, 0.25) is 0 Å². The fourth-order valence-corrected chi connectivity index (χ4v) is 2.14. The van der Waals surface area contributed by atoms with E-state index in [1.807, 2.05) is 0 Å². The van der Waals surface area contributed by atoms with Gasteiger partial charge in [0.05, 0.1) is 6.07 Å². The second kappa shape index (κ2) is 4.14. The Morgan fingerprint density at radius 1 is 1.50 bits per heavy atom. The van der Waals surface area contributed by atoms with Crippen LogP contribution < -0.4 is 0 Å². The molecule has 0 radical (unpaired) electrons. The van der Waals surface area contributed by atoms with E-state index in [4.69, 9.17) is 16.9 Å². The Morgan fingerprint density at radius 3 is 2.83 bits per heavy atom. The minimum atomic E-state index is -0.538. The Bertz CT molecular complexity index is 185. The van der Waals surface area contributed by atoms with Crippen molar-refractivity contribution in [1.29, 1.82) is 5.26 Å². The van der Waals surface area contributed by atoms with Crippen LogP contribution in [0.5, 0.6) is 0 Å². The first-order valence-electron chi connectivity index (χ1n) is 4.80. The van der Waals surface area contributed by atoms with Gasteiger partial charge in [0.15, 0.2) is 0 Å². The van der Waals surface area contributed by atoms with Gasteiger partial charge in [-0.15, -0.1) is 11.6 Å². The average molecular weight is 186 g/mol. The van der Waals surface area contributed by atoms with Gasteiger partial charge in [0.2, 0.25) is 0 Å². The molecule has 0 aromatic rings. The maximum absolute atomic E-state index is 8.85. The number of alkyl halides is 1. The highest BCUT2D eigenvalue weighted by Crippen LogP contribution is 2.35. The molecular weight excluding hydrogens is 170 g/mol. The molecule has 1 saturated carbocycles. The number of halogens is 1. The quantitative estimate of drug-likeness (QED) is 0.453. The van der Waals surface area contributed by atoms with Crippen molar-refractivity contribution >= 4 is 11.6 Å². The zero-order chi connectivity index (χ0) is 9.03. The van der Waals surface area contributed by atoms with Crippen molar-refractivity contribution in [1.82, 2.24) is 0 Å². The number of nitrogens with zero attached hydrogens (tertiary/aromatic N) is 1. The first-order valence-corrected chi connectivity index (χ1v) is 5.18. The Kier molecular flexibility index (Phi) is 3.40. The fraction of sp³-hybridized carbons (Fsp3) is 0.900. The SMILES string of the molecule is CCC1CCCC(Cl)(C#N)CC1. The molecule has 0 heterocycles. The van der Waals surface area contributed by atoms with Crippen LogP contribution in [0.15, 0.2) is 0 Å². The number of nitriles is 1. The molecule has 0 amide bonds. The highest BCUT2D eigenvalue weighted by molar-refractivity contribution is 6.25. The fourth-order valence-electron chi connectivity index (χ4n) is 1.89. The molecule has 0 aromatic heterocycles. The molecule has 2 atom stereocenters. The van der Waals surface area contributed by atoms with E-state index in [2.05, 4.69) is 13.0 Å². The van der Waals surface area contributed by atoms with E-state index in [-0.39, 0.29) is 0 Å². The van der Waals surface area contributed by atoms with Gasteiger partial charge in [-0.25, -0.2) is 0 Å². The van der Waals surface area contributed by atoms with Crippen LogP contribution >= 0.6 is 11.6 Å². The summed E-state index contributed by atoms with van der Waals surface area (Å²) in [5.41, 5.74) is 0. The lowest BCUT2D eigenvalue weighted by Crippen LogP contribution is -2.16. The monoisotopic (exact) mass is 185 g/mol. The summed E-state index contributed by atoms with van der Waals surface area (Å²) in [6.07, 6.45) is 6.50. The smallest absolute Gasteiger partial charge is 0.131 e. The third-order valence-corrected chi connectivity index (χ3v) is 3.37. The van der Waals surface area contributed by atoms with E-state index in [0.717, 1.165) is 31.6 Å². The van der Waals surface area contributed by atoms with E-state index < -0.39 is 4.87 Å². The topological polar surface area (TPSA) is 23.8 Å². The molecule has 1 fully saturated rings. The second-order valence-electron chi connectivity index (χ2n) is 3.78. The van der Waals surface area contributed by atoms with Gasteiger partial charge in [-0.1, -0.05) is 26.2 Å². The summed E-state index contributed by atoms with van der Waals surface area (Å²) in [7, 11) is 0. The molecule has 1 aliphatic rings. The minimum Gasteiger partial charge on any atom is -0.196 e. The predicted octanol–water partition coefficient (Wildman–Crippen LogP) is 3.48. The third kappa shape index (κ3) is 2.38. The Labute approximate surface area is 79.7 Å². The van der Waals surface area contributed by atoms with Gasteiger partial charge in [-0.05, 0) is 25.2 Å². The van der Waals surface area contributed by atoms with Crippen LogP contribution in [0.3, 0.4) is 0 Å². The number of rotatable bonds is 1. The number of hydrogen-bond donors (Lipinski definition) is 0. The van der Waals surface area contributed by atoms with Crippen molar-refractivity contribution in [2.75, 3.05) is 0 Å². The van der Waals surface area contributed by atoms with Gasteiger partial charge in [-0.2, -0.15) is 5.26 Å². The summed E-state index contributed by atoms with van der Waals surface area (Å²) < 4.78 is 0. The lowest BCUT2D eigenvalue weighted by Gasteiger charge is -2.15. The van der Waals surface area contributed by atoms with E-state index >= 15 is 0 Å². The summed E-state index contributed by atoms with van der Waals surface area (Å²) in [6, 6.07) is 2.23. The van der Waals surface area contributed by atoms with E-state index in [1.165, 1.54) is 12.8 Å². The summed E-state index contributed by atoms with van der Waals surface area (Å²) in [4.78, 5) is -0.538. The Morgan fingerprint density at radius 2 is 2.25 bits per heavy atom. The van der Waals surface area contributed by atoms with E-state index in [9.17, 15) is 0 Å². The molecule has 0 N–H and O–H groups in total. The second-order valence-corrected chi connectivity index (χ2v) is 4.51. The Balaban J connectivity index is 2.51. The van der Waals surface area contributed by atoms with Gasteiger partial charge in [0.1, 0.15) is 4.87 Å². The van der Waals surface area contributed by atoms with Gasteiger partial charge < -0.3 is 0 Å². The molecule has 0 aliphatic heterocycles. The Hall–Kier alpha value is -0.220. The van der Waals surface area contributed by atoms with Crippen LogP contribution in [0.1, 0.15) is 45.4 Å². The molecule has 0 saturated heterocycles. The van der Waals surface area contributed by atoms with Gasteiger partial charge in [-0.3, -0.25) is 0 Å². The van der Waals surface area contributed by atoms with Crippen LogP contribution in [0, 0.1) is 17.2 Å². The van der Waals surface area contributed by atoms with Crippen molar-refractivity contribution in [2.24, 2.45) is 5.92 Å². The molecule has 1 aliphatic carbocycles. The lowest BCUT2D eigenvalue weighted by molar-refractivity contribution is 0.444. The molecule has 2 unspecified atom stereocenters. The number of hydrogen-bond acceptors (Lipinski definition) is 1. The van der Waals surface area contributed by atoms with Crippen LogP contribution in [0.25, 0.3) is 0 Å². The van der Waals surface area contributed by atoms with E-state index in [1.54, 1.807) is 0 Å². The van der Waals surface area contributed by atoms with Crippen molar-refractivity contribution in [3.63, 3.8) is 0 Å². The molecule has 68 valence electrons. The minimum absolute atomic E-state index is 0.538. The molecule has 2 heteroatoms. The van der Waals surface area contributed by atoms with Gasteiger partial charge in [0.25, 0.3) is 0 Å². The first kappa shape index (κ1) is 9.86. The summed E-state index contributed by atoms with van der Waals surface area (Å²) in [5.74, 6) is 0.805. The first-order chi connectivity index (χ1) is 5.70. The standard InChI is InChI=1S/C10H16ClN/c1-2-9-4-3-6-10(11,8-12)7-5-9/h9H,2-7H2,1H3. The summed E-state index contributed by atoms with van der Waals surface area (Å²) >= 11 is 6.13. The highest BCUT2D eigenvalue weighted by Gasteiger charge is 2.30. The van der Waals surface area contributed by atoms with Gasteiger partial charge >= 0.3 is 0 Å². The lowest BCUT2D eigenvalue weighted by atomic mass is 9.96. The van der Waals surface area contributed by atoms with Crippen LogP contribution in [-0.4, -0.2) is 4.87 Å². The van der Waals surface area contributed by atoms with Crippen molar-refractivity contribution < 1.29 is 0 Å². The molecular formula is C10H16ClN. The molecule has 0 bridgehead atoms. The molecule has 12 heavy (non-hydrogen) atoms. The normalized spacial score (nSPS) is 36.9. The zero-order valence-electron chi connectivity index (χ0n) is 7.65. The predicted molar refractivity (Wildman–Crippen MR) is 51.1 cm³/mol. The van der Waals surface area contributed by atoms with Crippen LogP contribution in [-0.2, 0) is 0 Å². The maximum Gasteiger partial charge on any atom is 0.131 e. The van der Waals surface area contributed by atoms with Crippen molar-refractivity contribution in [2.45, 2.75) is 50.3 Å². The zero-order valence-corrected chi connectivity index (χ0v) is 8.40. The van der Waals surface area contributed by atoms with Gasteiger partial charge in [0, 0.05) is 0 Å².